The molecule has 4 aromatic rings. The van der Waals surface area contributed by atoms with Gasteiger partial charge in [0.25, 0.3) is 23.6 Å². The summed E-state index contributed by atoms with van der Waals surface area (Å²) in [5.41, 5.74) is 1.34. The van der Waals surface area contributed by atoms with Crippen molar-refractivity contribution in [3.8, 4) is 0 Å². The van der Waals surface area contributed by atoms with Crippen LogP contribution in [0.1, 0.15) is 120 Å². The van der Waals surface area contributed by atoms with Crippen molar-refractivity contribution >= 4 is 96.7 Å². The summed E-state index contributed by atoms with van der Waals surface area (Å²) in [6.07, 6.45) is 2.44. The van der Waals surface area contributed by atoms with E-state index in [1.165, 1.54) is 0 Å². The number of epoxide rings is 1. The number of hydrogen-bond acceptors (Lipinski definition) is 20. The van der Waals surface area contributed by atoms with E-state index < -0.39 is 23.4 Å². The number of amides is 7. The first-order valence-electron chi connectivity index (χ1n) is 38.3. The Morgan fingerprint density at radius 2 is 0.678 bits per heavy atom. The van der Waals surface area contributed by atoms with E-state index in [2.05, 4.69) is 30.2 Å². The number of nitrogens with zero attached hydrogens (tertiary/aromatic N) is 11. The number of likely N-dealkylation sites (N-methyl/N-ethyl adjacent to an activating group) is 1. The highest BCUT2D eigenvalue weighted by Gasteiger charge is 2.50. The number of fused-ring (bicyclic) bond motifs is 1. The number of carbonyl (C=O) groups excluding carboxylic acids is 7. The maximum absolute atomic E-state index is 12.6. The molecule has 0 spiro atoms. The van der Waals surface area contributed by atoms with Crippen molar-refractivity contribution < 1.29 is 74.0 Å². The van der Waals surface area contributed by atoms with E-state index in [0.717, 1.165) is 72.0 Å². The Morgan fingerprint density at radius 1 is 0.383 bits per heavy atom. The molecule has 4 aromatic carbocycles. The molecule has 9 saturated heterocycles. The number of hydrogen-bond donors (Lipinski definition) is 5. The van der Waals surface area contributed by atoms with Gasteiger partial charge >= 0.3 is 18.3 Å². The summed E-state index contributed by atoms with van der Waals surface area (Å²) in [6.45, 7) is 35.1. The average Bonchev–Trinajstić information content (AvgIpc) is 1.63. The van der Waals surface area contributed by atoms with Gasteiger partial charge in [-0.15, -0.1) is 0 Å². The molecule has 5 N–H and O–H groups in total. The summed E-state index contributed by atoms with van der Waals surface area (Å²) in [5, 5.41) is 39.4. The van der Waals surface area contributed by atoms with E-state index in [1.54, 1.807) is 112 Å². The summed E-state index contributed by atoms with van der Waals surface area (Å²) in [4.78, 5) is 106. The number of piperazine rings is 4. The van der Waals surface area contributed by atoms with Crippen molar-refractivity contribution in [3.05, 3.63) is 152 Å². The van der Waals surface area contributed by atoms with Gasteiger partial charge in [0, 0.05) is 215 Å². The lowest BCUT2D eigenvalue weighted by atomic mass is 10.1. The van der Waals surface area contributed by atoms with Crippen molar-refractivity contribution in [2.24, 2.45) is 0 Å². The number of likely N-dealkylation sites (tertiary alicyclic amines) is 3. The predicted molar refractivity (Wildman–Crippen MR) is 452 cm³/mol. The van der Waals surface area contributed by atoms with E-state index >= 15 is 0 Å². The Labute approximate surface area is 702 Å². The number of morpholine rings is 1. The molecule has 3 radical (unpaired) electrons. The van der Waals surface area contributed by atoms with Crippen molar-refractivity contribution in [2.45, 2.75) is 143 Å². The molecule has 5 unspecified atom stereocenters. The molecule has 7 amide bonds. The van der Waals surface area contributed by atoms with Gasteiger partial charge in [-0.2, -0.15) is 0 Å². The lowest BCUT2D eigenvalue weighted by Gasteiger charge is -2.38. The van der Waals surface area contributed by atoms with Crippen molar-refractivity contribution in [3.63, 3.8) is 0 Å². The van der Waals surface area contributed by atoms with Gasteiger partial charge in [-0.3, -0.25) is 38.6 Å². The highest BCUT2D eigenvalue weighted by Crippen LogP contribution is 2.32. The lowest BCUT2D eigenvalue weighted by molar-refractivity contribution is 0.0226. The van der Waals surface area contributed by atoms with Crippen LogP contribution in [-0.2, 0) is 18.9 Å². The molecule has 115 heavy (non-hydrogen) atoms. The molecule has 0 saturated carbocycles. The number of nitrogens with one attached hydrogen (secondary N) is 2. The fourth-order valence-corrected chi connectivity index (χ4v) is 14.6. The third kappa shape index (κ3) is 30.4. The molecule has 0 aliphatic carbocycles. The number of aliphatic hydroxyl groups excluding tert-OH is 3. The van der Waals surface area contributed by atoms with Crippen LogP contribution in [-0.4, -0.2) is 362 Å². The number of aliphatic hydroxyl groups is 3. The molecule has 10 heterocycles. The Kier molecular flexibility index (Phi) is 38.9. The first-order chi connectivity index (χ1) is 52.5. The quantitative estimate of drug-likeness (QED) is 0.0500. The van der Waals surface area contributed by atoms with Gasteiger partial charge in [0.05, 0.1) is 44.0 Å². The highest BCUT2D eigenvalue weighted by molar-refractivity contribution is 6.31. The number of ether oxygens (including phenoxy) is 4. The molecule has 639 valence electrons. The van der Waals surface area contributed by atoms with E-state index in [0.29, 0.717) is 134 Å². The number of benzene rings is 4. The van der Waals surface area contributed by atoms with Crippen LogP contribution in [0.2, 0.25) is 20.1 Å². The molecular weight excluding hydrogens is 1560 g/mol. The number of carbonyl (C=O) groups is 7. The molecule has 33 heteroatoms. The van der Waals surface area contributed by atoms with Crippen LogP contribution in [0.5, 0.6) is 0 Å². The standard InChI is InChI=1S/C20H28ClN3O4.C16H22ClN3O2.C15H20ClN3O2.C11H13ClN2O.C9H15NO3.C9H15NO2.2CH4.B.FH.H2/c1-20(2,3)28-19(27)24-12-16(17(25)13-24)22-8-10-23(11-9-22)18(26)14-4-6-15(21)7-5-14;1-18-10-14(15(21)11-18)19-6-8-20(9-7-19)16(22)12-2-4-13(17)5-3-12;16-12-3-1-11(2-4-12)15(21)19-7-5-18(6-8-19)13-9-17-10-14(13)20;12-10-3-1-9(2-4-10)11(15)14-7-5-13-6-8-14;1-9(2,3)13-8(11)10-4-6-7(5-10)12-6;1-9(2,3)12-8(11)10-6-4-5-7-10;;;;;/h4-7,16-17,25H,8-13H2,1-3H3;2-5,14-15,21H,6-11H2,1H3;1-4,13-14,17,20H,5-10H2;1-4,13H,5-8H2;6-7H,4-5H2,1-3H3;4-5H,6-7H2,1-3H3;2*1H4;;2*1H/t16?,17-;14?,15-;13?,14-;;;;;;;;/m000......../s1/i;;;;;;;;;;1+1. The monoisotopic (exact) mass is 1690 g/mol. The third-order valence-electron chi connectivity index (χ3n) is 20.1. The minimum Gasteiger partial charge on any atom is -0.444 e. The van der Waals surface area contributed by atoms with Crippen LogP contribution in [0.15, 0.2) is 109 Å². The summed E-state index contributed by atoms with van der Waals surface area (Å²) in [6, 6.07) is 28.2. The van der Waals surface area contributed by atoms with Crippen LogP contribution in [0.25, 0.3) is 0 Å². The van der Waals surface area contributed by atoms with Gasteiger partial charge in [-0.05, 0) is 166 Å². The van der Waals surface area contributed by atoms with Crippen LogP contribution < -0.4 is 10.6 Å². The van der Waals surface area contributed by atoms with Crippen LogP contribution in [0.4, 0.5) is 19.1 Å². The molecule has 0 aromatic heterocycles. The van der Waals surface area contributed by atoms with Gasteiger partial charge in [-0.1, -0.05) is 73.4 Å². The van der Waals surface area contributed by atoms with E-state index in [4.69, 9.17) is 65.4 Å². The largest absolute Gasteiger partial charge is 0.444 e. The van der Waals surface area contributed by atoms with Gasteiger partial charge in [-0.25, -0.2) is 14.4 Å². The molecular formula is C82H124BCl4FN13O14. The van der Waals surface area contributed by atoms with Gasteiger partial charge < -0.3 is 84.1 Å². The molecule has 14 rings (SSSR count). The number of halogens is 5. The van der Waals surface area contributed by atoms with Crippen molar-refractivity contribution in [2.75, 3.05) is 177 Å². The Bertz CT molecular complexity index is 3740. The van der Waals surface area contributed by atoms with Crippen LogP contribution >= 0.6 is 46.4 Å². The fraction of sp³-hybridized carbons (Fsp3) is 0.598. The molecule has 10 aliphatic rings. The van der Waals surface area contributed by atoms with E-state index in [9.17, 15) is 48.9 Å². The molecule has 27 nitrogen and oxygen atoms in total. The SMILES string of the molecule is C.C.CC(C)(C)OC(=O)N1CC(N2CCN(C(=O)c3ccc(Cl)cc3)CC2)[C@@H](O)C1.CC(C)(C)OC(=O)N1CC2OC2C1.CC(C)(C)OC(=O)N1CC=CC1.CN1CC(N2CCN(C(=O)c3ccc(Cl)cc3)CC2)[C@@H](O)C1.F.O=C(c1ccc(Cl)cc1)N1CCN(C2CNC[C@@H]2O)CC1.O=C(c1ccc(Cl)cc1)N1CCNCC1.[2HH].[B]. The normalized spacial score (nSPS) is 23.4. The topological polar surface area (TPSA) is 280 Å². The zero-order valence-electron chi connectivity index (χ0n) is 66.6. The Balaban J connectivity index is 0.000000297. The second kappa shape index (κ2) is 45.3. The van der Waals surface area contributed by atoms with Crippen LogP contribution in [0, 0.1) is 0 Å². The predicted octanol–water partition coefficient (Wildman–Crippen LogP) is 8.75. The number of rotatable bonds is 7. The molecule has 9 fully saturated rings. The van der Waals surface area contributed by atoms with Crippen molar-refractivity contribution in [1.82, 2.24) is 64.5 Å². The first kappa shape index (κ1) is 98.6. The van der Waals surface area contributed by atoms with Gasteiger partial charge in [0.15, 0.2) is 0 Å². The smallest absolute Gasteiger partial charge is 0.410 e. The molecule has 8 atom stereocenters. The Hall–Kier alpha value is -6.94. The first-order valence-corrected chi connectivity index (χ1v) is 39.9. The maximum atomic E-state index is 12.6. The third-order valence-corrected chi connectivity index (χ3v) is 21.1. The minimum atomic E-state index is -0.619. The van der Waals surface area contributed by atoms with E-state index in [1.807, 2.05) is 101 Å². The average molecular weight is 1690 g/mol. The second-order valence-corrected chi connectivity index (χ2v) is 33.9. The Morgan fingerprint density at radius 3 is 0.983 bits per heavy atom. The minimum absolute atomic E-state index is 0. The van der Waals surface area contributed by atoms with Gasteiger partial charge in [0.2, 0.25) is 0 Å². The van der Waals surface area contributed by atoms with E-state index in [-0.39, 0.29) is 120 Å². The number of β-amino-alcohol motifs (C(OH)–C–C–N with tert-alkyl or cyclic N) is 3. The summed E-state index contributed by atoms with van der Waals surface area (Å²) in [5.74, 6) is 0.184. The van der Waals surface area contributed by atoms with Crippen molar-refractivity contribution in [1.29, 1.82) is 0 Å². The fourth-order valence-electron chi connectivity index (χ4n) is 14.1. The second-order valence-electron chi connectivity index (χ2n) is 32.2. The lowest BCUT2D eigenvalue weighted by Crippen LogP contribution is -2.55. The maximum Gasteiger partial charge on any atom is 0.410 e. The summed E-state index contributed by atoms with van der Waals surface area (Å²) >= 11 is 23.4. The summed E-state index contributed by atoms with van der Waals surface area (Å²) in [7, 11) is 2.03. The highest BCUT2D eigenvalue weighted by atomic mass is 35.5. The van der Waals surface area contributed by atoms with Crippen LogP contribution in [0.3, 0.4) is 0 Å². The molecule has 0 bridgehead atoms. The summed E-state index contributed by atoms with van der Waals surface area (Å²) < 4.78 is 21.0. The molecule has 10 aliphatic heterocycles. The zero-order chi connectivity index (χ0) is 80.5. The van der Waals surface area contributed by atoms with Gasteiger partial charge in [0.1, 0.15) is 29.0 Å². The zero-order valence-corrected chi connectivity index (χ0v) is 69.7.